The summed E-state index contributed by atoms with van der Waals surface area (Å²) in [6, 6.07) is 19.2. The van der Waals surface area contributed by atoms with Crippen LogP contribution in [0.3, 0.4) is 0 Å². The van der Waals surface area contributed by atoms with Gasteiger partial charge in [0.2, 0.25) is 5.91 Å². The molecule has 4 rings (SSSR count). The molecule has 0 spiro atoms. The number of nitrogens with zero attached hydrogens (tertiary/aromatic N) is 2. The fraction of sp³-hybridized carbons (Fsp3) is 0.240. The van der Waals surface area contributed by atoms with Gasteiger partial charge in [-0.1, -0.05) is 12.1 Å². The van der Waals surface area contributed by atoms with Crippen LogP contribution in [0.25, 0.3) is 0 Å². The molecule has 4 N–H and O–H groups in total. The number of nitrogens with one attached hydrogen (secondary N) is 2. The molecular formula is C25H27N5O2. The van der Waals surface area contributed by atoms with Crippen molar-refractivity contribution in [1.29, 1.82) is 0 Å². The predicted molar refractivity (Wildman–Crippen MR) is 126 cm³/mol. The number of nitrogens with two attached hydrogens (primary N) is 1. The number of piperidine rings is 1. The molecule has 7 nitrogen and oxygen atoms in total. The van der Waals surface area contributed by atoms with Crippen LogP contribution in [0.4, 0.5) is 17.1 Å². The van der Waals surface area contributed by atoms with Crippen LogP contribution in [0.15, 0.2) is 73.1 Å². The number of carbonyl (C=O) groups excluding carboxylic acids is 2. The molecule has 1 saturated heterocycles. The predicted octanol–water partition coefficient (Wildman–Crippen LogP) is 3.46. The number of amides is 2. The fourth-order valence-corrected chi connectivity index (χ4v) is 3.86. The quantitative estimate of drug-likeness (QED) is 0.534. The Morgan fingerprint density at radius 3 is 2.34 bits per heavy atom. The summed E-state index contributed by atoms with van der Waals surface area (Å²) in [5.74, 6) is -0.436. The summed E-state index contributed by atoms with van der Waals surface area (Å²) in [5.41, 5.74) is 10.0. The topological polar surface area (TPSA) is 100 Å². The molecule has 0 radical (unpaired) electrons. The van der Waals surface area contributed by atoms with Crippen molar-refractivity contribution in [3.8, 4) is 0 Å². The number of pyridine rings is 1. The fourth-order valence-electron chi connectivity index (χ4n) is 3.86. The van der Waals surface area contributed by atoms with Gasteiger partial charge in [-0.05, 0) is 66.9 Å². The molecule has 1 fully saturated rings. The maximum atomic E-state index is 12.5. The van der Waals surface area contributed by atoms with Gasteiger partial charge >= 0.3 is 0 Å². The number of rotatable bonds is 7. The average molecular weight is 430 g/mol. The van der Waals surface area contributed by atoms with E-state index in [4.69, 9.17) is 5.73 Å². The van der Waals surface area contributed by atoms with Gasteiger partial charge in [0.1, 0.15) is 0 Å². The van der Waals surface area contributed by atoms with Gasteiger partial charge < -0.3 is 21.3 Å². The Hall–Kier alpha value is -3.87. The summed E-state index contributed by atoms with van der Waals surface area (Å²) in [7, 11) is 0. The Kier molecular flexibility index (Phi) is 6.65. The maximum absolute atomic E-state index is 12.5. The van der Waals surface area contributed by atoms with Crippen LogP contribution < -0.4 is 21.3 Å². The zero-order valence-corrected chi connectivity index (χ0v) is 17.8. The summed E-state index contributed by atoms with van der Waals surface area (Å²) in [5, 5.41) is 6.23. The summed E-state index contributed by atoms with van der Waals surface area (Å²) >= 11 is 0. The van der Waals surface area contributed by atoms with Gasteiger partial charge in [0, 0.05) is 54.7 Å². The normalized spacial score (nSPS) is 15.8. The van der Waals surface area contributed by atoms with Crippen LogP contribution in [0, 0.1) is 5.92 Å². The molecule has 0 saturated carbocycles. The van der Waals surface area contributed by atoms with Crippen LogP contribution >= 0.6 is 0 Å². The maximum Gasteiger partial charge on any atom is 0.251 e. The highest BCUT2D eigenvalue weighted by atomic mass is 16.2. The van der Waals surface area contributed by atoms with Crippen molar-refractivity contribution in [1.82, 2.24) is 10.3 Å². The van der Waals surface area contributed by atoms with Crippen molar-refractivity contribution in [2.24, 2.45) is 11.7 Å². The minimum Gasteiger partial charge on any atom is -0.371 e. The molecule has 2 aromatic carbocycles. The van der Waals surface area contributed by atoms with Gasteiger partial charge in [0.05, 0.1) is 5.92 Å². The Bertz CT molecular complexity index is 1050. The van der Waals surface area contributed by atoms with Crippen LogP contribution in [0.5, 0.6) is 0 Å². The molecule has 1 atom stereocenters. The van der Waals surface area contributed by atoms with E-state index in [1.54, 1.807) is 24.5 Å². The van der Waals surface area contributed by atoms with Gasteiger partial charge in [0.25, 0.3) is 5.91 Å². The Morgan fingerprint density at radius 1 is 0.969 bits per heavy atom. The average Bonchev–Trinajstić information content (AvgIpc) is 2.84. The summed E-state index contributed by atoms with van der Waals surface area (Å²) in [4.78, 5) is 30.2. The second-order valence-electron chi connectivity index (χ2n) is 7.97. The highest BCUT2D eigenvalue weighted by molar-refractivity contribution is 5.94. The second kappa shape index (κ2) is 9.96. The largest absolute Gasteiger partial charge is 0.371 e. The Balaban J connectivity index is 1.29. The van der Waals surface area contributed by atoms with Crippen molar-refractivity contribution in [2.45, 2.75) is 19.4 Å². The minimum absolute atomic E-state index is 0.0889. The lowest BCUT2D eigenvalue weighted by molar-refractivity contribution is -0.122. The van der Waals surface area contributed by atoms with Crippen LogP contribution in [-0.2, 0) is 11.3 Å². The van der Waals surface area contributed by atoms with Gasteiger partial charge in [-0.3, -0.25) is 14.6 Å². The molecule has 1 aliphatic heterocycles. The number of benzene rings is 2. The number of carbonyl (C=O) groups is 2. The number of primary amides is 1. The van der Waals surface area contributed by atoms with E-state index in [0.717, 1.165) is 42.0 Å². The molecule has 2 amide bonds. The molecule has 7 heteroatoms. The molecule has 32 heavy (non-hydrogen) atoms. The number of hydrogen-bond donors (Lipinski definition) is 3. The van der Waals surface area contributed by atoms with E-state index in [9.17, 15) is 9.59 Å². The van der Waals surface area contributed by atoms with Crippen LogP contribution in [0.1, 0.15) is 28.8 Å². The van der Waals surface area contributed by atoms with E-state index in [1.165, 1.54) is 0 Å². The number of hydrogen-bond acceptors (Lipinski definition) is 5. The third-order valence-corrected chi connectivity index (χ3v) is 5.69. The molecule has 2 heterocycles. The number of aromatic nitrogens is 1. The zero-order valence-electron chi connectivity index (χ0n) is 17.8. The van der Waals surface area contributed by atoms with Gasteiger partial charge in [-0.15, -0.1) is 0 Å². The van der Waals surface area contributed by atoms with Crippen molar-refractivity contribution in [3.05, 3.63) is 84.2 Å². The second-order valence-corrected chi connectivity index (χ2v) is 7.97. The van der Waals surface area contributed by atoms with Crippen molar-refractivity contribution in [3.63, 3.8) is 0 Å². The van der Waals surface area contributed by atoms with Crippen molar-refractivity contribution in [2.75, 3.05) is 23.3 Å². The molecule has 164 valence electrons. The standard InChI is InChI=1S/C25H27N5O2/c26-24(31)20-2-1-15-30(17-20)23-9-3-18(4-10-23)16-28-25(32)19-5-7-21(8-6-19)29-22-11-13-27-14-12-22/h3-14,20H,1-2,15-17H2,(H2,26,31)(H,27,29)(H,28,32). The first kappa shape index (κ1) is 21.4. The van der Waals surface area contributed by atoms with E-state index in [0.29, 0.717) is 18.7 Å². The molecule has 1 aliphatic rings. The Labute approximate surface area is 187 Å². The van der Waals surface area contributed by atoms with E-state index < -0.39 is 0 Å². The molecule has 1 unspecified atom stereocenters. The minimum atomic E-state index is -0.227. The van der Waals surface area contributed by atoms with Gasteiger partial charge in [-0.25, -0.2) is 0 Å². The van der Waals surface area contributed by atoms with Gasteiger partial charge in [-0.2, -0.15) is 0 Å². The Morgan fingerprint density at radius 2 is 1.66 bits per heavy atom. The summed E-state index contributed by atoms with van der Waals surface area (Å²) in [6.07, 6.45) is 5.26. The van der Waals surface area contributed by atoms with E-state index in [1.807, 2.05) is 48.5 Å². The van der Waals surface area contributed by atoms with Crippen LogP contribution in [-0.4, -0.2) is 29.9 Å². The lowest BCUT2D eigenvalue weighted by Gasteiger charge is -2.33. The first-order chi connectivity index (χ1) is 15.6. The van der Waals surface area contributed by atoms with Crippen LogP contribution in [0.2, 0.25) is 0 Å². The first-order valence-corrected chi connectivity index (χ1v) is 10.8. The zero-order chi connectivity index (χ0) is 22.3. The lowest BCUT2D eigenvalue weighted by Crippen LogP contribution is -2.41. The highest BCUT2D eigenvalue weighted by Gasteiger charge is 2.24. The molecule has 0 bridgehead atoms. The third kappa shape index (κ3) is 5.43. The lowest BCUT2D eigenvalue weighted by atomic mass is 9.97. The first-order valence-electron chi connectivity index (χ1n) is 10.8. The number of anilines is 3. The third-order valence-electron chi connectivity index (χ3n) is 5.69. The summed E-state index contributed by atoms with van der Waals surface area (Å²) < 4.78 is 0. The van der Waals surface area contributed by atoms with Crippen molar-refractivity contribution >= 4 is 28.9 Å². The molecule has 3 aromatic rings. The van der Waals surface area contributed by atoms with Gasteiger partial charge in [0.15, 0.2) is 0 Å². The molecule has 0 aliphatic carbocycles. The molecule has 1 aromatic heterocycles. The van der Waals surface area contributed by atoms with E-state index >= 15 is 0 Å². The summed E-state index contributed by atoms with van der Waals surface area (Å²) in [6.45, 7) is 2.03. The molecular weight excluding hydrogens is 402 g/mol. The highest BCUT2D eigenvalue weighted by Crippen LogP contribution is 2.23. The van der Waals surface area contributed by atoms with E-state index in [-0.39, 0.29) is 17.7 Å². The van der Waals surface area contributed by atoms with E-state index in [2.05, 4.69) is 20.5 Å². The monoisotopic (exact) mass is 429 g/mol. The SMILES string of the molecule is NC(=O)C1CCCN(c2ccc(CNC(=O)c3ccc(Nc4ccncc4)cc3)cc2)C1. The smallest absolute Gasteiger partial charge is 0.251 e. The van der Waals surface area contributed by atoms with Crippen molar-refractivity contribution < 1.29 is 9.59 Å².